The highest BCUT2D eigenvalue weighted by atomic mass is 32.1. The molecular weight excluding hydrogens is 334 g/mol. The minimum Gasteiger partial charge on any atom is -0.346 e. The van der Waals surface area contributed by atoms with E-state index in [-0.39, 0.29) is 11.6 Å². The predicted octanol–water partition coefficient (Wildman–Crippen LogP) is 2.57. The summed E-state index contributed by atoms with van der Waals surface area (Å²) in [6.07, 6.45) is 1.78. The van der Waals surface area contributed by atoms with Gasteiger partial charge in [0, 0.05) is 43.8 Å². The largest absolute Gasteiger partial charge is 0.346 e. The fourth-order valence-corrected chi connectivity index (χ4v) is 3.36. The molecule has 0 aliphatic carbocycles. The molecule has 0 bridgehead atoms. The third-order valence-corrected chi connectivity index (χ3v) is 4.95. The number of hydrogen-bond donors (Lipinski definition) is 1. The molecule has 1 aromatic carbocycles. The van der Waals surface area contributed by atoms with Crippen LogP contribution in [0.2, 0.25) is 0 Å². The molecule has 1 aliphatic heterocycles. The van der Waals surface area contributed by atoms with Gasteiger partial charge in [-0.1, -0.05) is 0 Å². The topological polar surface area (TPSA) is 48.5 Å². The first-order valence-corrected chi connectivity index (χ1v) is 8.57. The maximum atomic E-state index is 13.6. The monoisotopic (exact) mass is 352 g/mol. The number of amides is 1. The van der Waals surface area contributed by atoms with E-state index in [1.165, 1.54) is 6.07 Å². The molecule has 1 atom stereocenters. The predicted molar refractivity (Wildman–Crippen MR) is 90.3 cm³/mol. The first-order valence-electron chi connectivity index (χ1n) is 7.69. The van der Waals surface area contributed by atoms with Crippen molar-refractivity contribution in [1.29, 1.82) is 0 Å². The molecular formula is C16H18F2N4OS. The van der Waals surface area contributed by atoms with Crippen molar-refractivity contribution >= 4 is 28.1 Å². The van der Waals surface area contributed by atoms with E-state index in [0.717, 1.165) is 43.4 Å². The molecule has 5 nitrogen and oxygen atoms in total. The molecule has 0 spiro atoms. The summed E-state index contributed by atoms with van der Waals surface area (Å²) < 4.78 is 26.6. The van der Waals surface area contributed by atoms with Crippen molar-refractivity contribution in [1.82, 2.24) is 9.88 Å². The zero-order valence-corrected chi connectivity index (χ0v) is 14.0. The maximum Gasteiger partial charge on any atom is 0.241 e. The number of benzene rings is 1. The summed E-state index contributed by atoms with van der Waals surface area (Å²) in [6, 6.07) is 2.71. The van der Waals surface area contributed by atoms with Crippen molar-refractivity contribution in [2.75, 3.05) is 36.4 Å². The Balaban J connectivity index is 1.56. The van der Waals surface area contributed by atoms with E-state index in [9.17, 15) is 13.6 Å². The number of halogens is 2. The van der Waals surface area contributed by atoms with Crippen LogP contribution in [0.1, 0.15) is 6.92 Å². The van der Waals surface area contributed by atoms with Crippen molar-refractivity contribution in [3.05, 3.63) is 41.4 Å². The lowest BCUT2D eigenvalue weighted by Crippen LogP contribution is -2.52. The van der Waals surface area contributed by atoms with E-state index < -0.39 is 17.7 Å². The Morgan fingerprint density at radius 2 is 2.04 bits per heavy atom. The second-order valence-electron chi connectivity index (χ2n) is 5.63. The molecule has 0 unspecified atom stereocenters. The number of rotatable bonds is 4. The zero-order valence-electron chi connectivity index (χ0n) is 13.2. The van der Waals surface area contributed by atoms with Crippen molar-refractivity contribution in [2.45, 2.75) is 13.0 Å². The SMILES string of the molecule is C[C@@H](C(=O)Nc1ccc(F)cc1F)N1CCN(c2nccs2)CC1. The number of nitrogens with one attached hydrogen (secondary N) is 1. The summed E-state index contributed by atoms with van der Waals surface area (Å²) in [6.45, 7) is 4.81. The summed E-state index contributed by atoms with van der Waals surface area (Å²) in [5.74, 6) is -1.75. The van der Waals surface area contributed by atoms with Crippen LogP contribution < -0.4 is 10.2 Å². The number of nitrogens with zero attached hydrogens (tertiary/aromatic N) is 3. The normalized spacial score (nSPS) is 16.9. The van der Waals surface area contributed by atoms with Gasteiger partial charge in [0.15, 0.2) is 5.13 Å². The van der Waals surface area contributed by atoms with E-state index in [1.807, 2.05) is 10.3 Å². The van der Waals surface area contributed by atoms with Gasteiger partial charge in [0.05, 0.1) is 11.7 Å². The molecule has 128 valence electrons. The zero-order chi connectivity index (χ0) is 17.1. The minimum atomic E-state index is -0.774. The summed E-state index contributed by atoms with van der Waals surface area (Å²) in [7, 11) is 0. The van der Waals surface area contributed by atoms with E-state index in [0.29, 0.717) is 0 Å². The number of thiazole rings is 1. The fraction of sp³-hybridized carbons (Fsp3) is 0.375. The van der Waals surface area contributed by atoms with Crippen molar-refractivity contribution in [2.24, 2.45) is 0 Å². The Hall–Kier alpha value is -2.06. The molecule has 1 N–H and O–H groups in total. The minimum absolute atomic E-state index is 0.00493. The Morgan fingerprint density at radius 3 is 2.67 bits per heavy atom. The molecule has 2 heterocycles. The van der Waals surface area contributed by atoms with E-state index in [4.69, 9.17) is 0 Å². The lowest BCUT2D eigenvalue weighted by atomic mass is 10.2. The van der Waals surface area contributed by atoms with Gasteiger partial charge in [-0.05, 0) is 19.1 Å². The highest BCUT2D eigenvalue weighted by Crippen LogP contribution is 2.20. The second-order valence-corrected chi connectivity index (χ2v) is 6.50. The van der Waals surface area contributed by atoms with Crippen LogP contribution in [0, 0.1) is 11.6 Å². The van der Waals surface area contributed by atoms with Crippen LogP contribution in [0.5, 0.6) is 0 Å². The van der Waals surface area contributed by atoms with Crippen LogP contribution in [0.15, 0.2) is 29.8 Å². The smallest absolute Gasteiger partial charge is 0.241 e. The standard InChI is InChI=1S/C16H18F2N4OS/c1-11(15(23)20-14-3-2-12(17)10-13(14)18)21-5-7-22(8-6-21)16-19-4-9-24-16/h2-4,9-11H,5-8H2,1H3,(H,20,23)/t11-/m0/s1. The van der Waals surface area contributed by atoms with E-state index >= 15 is 0 Å². The molecule has 2 aromatic rings. The Labute approximate surface area is 142 Å². The average molecular weight is 352 g/mol. The summed E-state index contributed by atoms with van der Waals surface area (Å²) in [5.41, 5.74) is -0.00493. The maximum absolute atomic E-state index is 13.6. The van der Waals surface area contributed by atoms with Gasteiger partial charge in [0.1, 0.15) is 11.6 Å². The molecule has 1 aromatic heterocycles. The number of carbonyl (C=O) groups is 1. The number of aromatic nitrogens is 1. The third-order valence-electron chi connectivity index (χ3n) is 4.12. The van der Waals surface area contributed by atoms with Crippen LogP contribution in [0.4, 0.5) is 19.6 Å². The van der Waals surface area contributed by atoms with E-state index in [2.05, 4.69) is 15.2 Å². The number of carbonyl (C=O) groups excluding carboxylic acids is 1. The van der Waals surface area contributed by atoms with Gasteiger partial charge in [-0.25, -0.2) is 13.8 Å². The summed E-state index contributed by atoms with van der Waals surface area (Å²) in [4.78, 5) is 20.8. The van der Waals surface area contributed by atoms with Crippen LogP contribution in [-0.4, -0.2) is 48.0 Å². The molecule has 1 amide bonds. The molecule has 0 radical (unpaired) electrons. The van der Waals surface area contributed by atoms with Crippen LogP contribution >= 0.6 is 11.3 Å². The van der Waals surface area contributed by atoms with Crippen molar-refractivity contribution < 1.29 is 13.6 Å². The van der Waals surface area contributed by atoms with Gasteiger partial charge < -0.3 is 10.2 Å². The molecule has 8 heteroatoms. The first kappa shape index (κ1) is 16.8. The molecule has 1 aliphatic rings. The molecule has 1 fully saturated rings. The van der Waals surface area contributed by atoms with Gasteiger partial charge in [0.2, 0.25) is 5.91 Å². The fourth-order valence-electron chi connectivity index (χ4n) is 2.67. The first-order chi connectivity index (χ1) is 11.5. The highest BCUT2D eigenvalue weighted by Gasteiger charge is 2.26. The molecule has 3 rings (SSSR count). The summed E-state index contributed by atoms with van der Waals surface area (Å²) >= 11 is 1.59. The van der Waals surface area contributed by atoms with Crippen molar-refractivity contribution in [3.63, 3.8) is 0 Å². The van der Waals surface area contributed by atoms with E-state index in [1.54, 1.807) is 24.5 Å². The highest BCUT2D eigenvalue weighted by molar-refractivity contribution is 7.13. The average Bonchev–Trinajstić information content (AvgIpc) is 3.11. The van der Waals surface area contributed by atoms with Crippen molar-refractivity contribution in [3.8, 4) is 0 Å². The second kappa shape index (κ2) is 7.23. The lowest BCUT2D eigenvalue weighted by Gasteiger charge is -2.37. The van der Waals surface area contributed by atoms with Crippen LogP contribution in [-0.2, 0) is 4.79 Å². The molecule has 0 saturated carbocycles. The van der Waals surface area contributed by atoms with Gasteiger partial charge >= 0.3 is 0 Å². The van der Waals surface area contributed by atoms with Gasteiger partial charge in [-0.2, -0.15) is 0 Å². The van der Waals surface area contributed by atoms with Gasteiger partial charge in [-0.15, -0.1) is 11.3 Å². The number of piperazine rings is 1. The number of anilines is 2. The molecule has 24 heavy (non-hydrogen) atoms. The third kappa shape index (κ3) is 3.70. The van der Waals surface area contributed by atoms with Crippen LogP contribution in [0.3, 0.4) is 0 Å². The van der Waals surface area contributed by atoms with Gasteiger partial charge in [-0.3, -0.25) is 9.69 Å². The van der Waals surface area contributed by atoms with Gasteiger partial charge in [0.25, 0.3) is 0 Å². The Kier molecular flexibility index (Phi) is 5.06. The Morgan fingerprint density at radius 1 is 1.29 bits per heavy atom. The lowest BCUT2D eigenvalue weighted by molar-refractivity contribution is -0.120. The van der Waals surface area contributed by atoms with Crippen LogP contribution in [0.25, 0.3) is 0 Å². The molecule has 1 saturated heterocycles. The Bertz CT molecular complexity index is 702. The number of hydrogen-bond acceptors (Lipinski definition) is 5. The summed E-state index contributed by atoms with van der Waals surface area (Å²) in [5, 5.41) is 5.45. The quantitative estimate of drug-likeness (QED) is 0.919.